The van der Waals surface area contributed by atoms with Gasteiger partial charge in [-0.15, -0.1) is 0 Å². The maximum absolute atomic E-state index is 9.79. The molecule has 7 heteroatoms. The summed E-state index contributed by atoms with van der Waals surface area (Å²) in [7, 11) is 1.67. The average Bonchev–Trinajstić information content (AvgIpc) is 3.44. The monoisotopic (exact) mass is 442 g/mol. The standard InChI is InChI=1S/C25H22N4O2S/c1-31-20-7-4-6-18(16-20)28-15-5-9-22(28)24-23(21-8-2-3-14-26-21)27-25(32)29(24)17-10-12-19(30)13-11-17/h2-16,23-24,30H,1H3,(H,27,32)/t23-,24-/m0/s1. The lowest BCUT2D eigenvalue weighted by molar-refractivity contribution is 0.414. The molecule has 1 aliphatic rings. The van der Waals surface area contributed by atoms with Crippen molar-refractivity contribution in [3.8, 4) is 17.2 Å². The number of thiocarbonyl (C=S) groups is 1. The maximum atomic E-state index is 9.79. The van der Waals surface area contributed by atoms with Crippen LogP contribution in [0.4, 0.5) is 5.69 Å². The van der Waals surface area contributed by atoms with Crippen LogP contribution < -0.4 is 15.0 Å². The maximum Gasteiger partial charge on any atom is 0.174 e. The van der Waals surface area contributed by atoms with Crippen LogP contribution >= 0.6 is 12.2 Å². The van der Waals surface area contributed by atoms with Gasteiger partial charge in [0.05, 0.1) is 18.8 Å². The summed E-state index contributed by atoms with van der Waals surface area (Å²) in [5, 5.41) is 13.9. The van der Waals surface area contributed by atoms with E-state index in [0.29, 0.717) is 5.11 Å². The smallest absolute Gasteiger partial charge is 0.174 e. The van der Waals surface area contributed by atoms with Gasteiger partial charge in [-0.2, -0.15) is 0 Å². The van der Waals surface area contributed by atoms with Gasteiger partial charge in [-0.1, -0.05) is 12.1 Å². The summed E-state index contributed by atoms with van der Waals surface area (Å²) in [6.07, 6.45) is 3.83. The van der Waals surface area contributed by atoms with Crippen molar-refractivity contribution >= 4 is 23.0 Å². The number of nitrogens with zero attached hydrogens (tertiary/aromatic N) is 3. The number of pyridine rings is 1. The minimum absolute atomic E-state index is 0.156. The molecule has 0 unspecified atom stereocenters. The number of methoxy groups -OCH3 is 1. The number of aromatic hydroxyl groups is 1. The second-order valence-electron chi connectivity index (χ2n) is 7.52. The molecule has 2 atom stereocenters. The quantitative estimate of drug-likeness (QED) is 0.435. The zero-order valence-corrected chi connectivity index (χ0v) is 18.2. The van der Waals surface area contributed by atoms with E-state index in [1.54, 1.807) is 25.4 Å². The van der Waals surface area contributed by atoms with Crippen molar-refractivity contribution in [1.82, 2.24) is 14.9 Å². The highest BCUT2D eigenvalue weighted by molar-refractivity contribution is 7.80. The lowest BCUT2D eigenvalue weighted by atomic mass is 10.0. The van der Waals surface area contributed by atoms with Crippen LogP contribution in [0.1, 0.15) is 23.5 Å². The van der Waals surface area contributed by atoms with E-state index in [2.05, 4.69) is 25.8 Å². The number of phenolic OH excluding ortho intramolecular Hbond substituents is 1. The summed E-state index contributed by atoms with van der Waals surface area (Å²) < 4.78 is 7.58. The Balaban J connectivity index is 1.66. The number of benzene rings is 2. The van der Waals surface area contributed by atoms with E-state index in [-0.39, 0.29) is 17.8 Å². The van der Waals surface area contributed by atoms with Crippen LogP contribution in [0.3, 0.4) is 0 Å². The third-order valence-electron chi connectivity index (χ3n) is 5.64. The predicted molar refractivity (Wildman–Crippen MR) is 128 cm³/mol. The van der Waals surface area contributed by atoms with Crippen molar-refractivity contribution in [1.29, 1.82) is 0 Å². The van der Waals surface area contributed by atoms with E-state index in [9.17, 15) is 5.11 Å². The molecule has 2 N–H and O–H groups in total. The molecule has 0 bridgehead atoms. The molecular formula is C25H22N4O2S. The van der Waals surface area contributed by atoms with Gasteiger partial charge in [-0.25, -0.2) is 0 Å². The van der Waals surface area contributed by atoms with E-state index in [4.69, 9.17) is 17.0 Å². The third kappa shape index (κ3) is 3.56. The second-order valence-corrected chi connectivity index (χ2v) is 7.90. The van der Waals surface area contributed by atoms with Gasteiger partial charge in [0.1, 0.15) is 17.5 Å². The van der Waals surface area contributed by atoms with Gasteiger partial charge >= 0.3 is 0 Å². The Morgan fingerprint density at radius 3 is 2.56 bits per heavy atom. The number of aromatic nitrogens is 2. The molecule has 0 amide bonds. The Morgan fingerprint density at radius 1 is 0.969 bits per heavy atom. The van der Waals surface area contributed by atoms with Crippen LogP contribution in [-0.4, -0.2) is 26.9 Å². The molecule has 5 rings (SSSR count). The molecule has 0 saturated carbocycles. The first-order valence-electron chi connectivity index (χ1n) is 10.3. The fourth-order valence-electron chi connectivity index (χ4n) is 4.18. The molecule has 0 aliphatic carbocycles. The summed E-state index contributed by atoms with van der Waals surface area (Å²) in [6.45, 7) is 0. The zero-order valence-electron chi connectivity index (χ0n) is 17.4. The summed E-state index contributed by atoms with van der Waals surface area (Å²) in [5.41, 5.74) is 3.84. The van der Waals surface area contributed by atoms with E-state index in [1.165, 1.54) is 0 Å². The van der Waals surface area contributed by atoms with Crippen LogP contribution in [0.25, 0.3) is 5.69 Å². The van der Waals surface area contributed by atoms with E-state index < -0.39 is 0 Å². The molecule has 2 aromatic carbocycles. The molecule has 0 radical (unpaired) electrons. The second kappa shape index (κ2) is 8.36. The predicted octanol–water partition coefficient (Wildman–Crippen LogP) is 4.76. The molecule has 3 heterocycles. The summed E-state index contributed by atoms with van der Waals surface area (Å²) in [5.74, 6) is 1.00. The first-order chi connectivity index (χ1) is 15.7. The Labute approximate surface area is 191 Å². The lowest BCUT2D eigenvalue weighted by Crippen LogP contribution is -2.30. The fraction of sp³-hybridized carbons (Fsp3) is 0.120. The molecule has 4 aromatic rings. The molecular weight excluding hydrogens is 420 g/mol. The van der Waals surface area contributed by atoms with Crippen molar-refractivity contribution < 1.29 is 9.84 Å². The molecule has 0 spiro atoms. The Hall–Kier alpha value is -3.84. The van der Waals surface area contributed by atoms with E-state index >= 15 is 0 Å². The summed E-state index contributed by atoms with van der Waals surface area (Å²) in [4.78, 5) is 6.69. The highest BCUT2D eigenvalue weighted by atomic mass is 32.1. The number of hydrogen-bond acceptors (Lipinski definition) is 4. The van der Waals surface area contributed by atoms with Gasteiger partial charge in [0.2, 0.25) is 0 Å². The van der Waals surface area contributed by atoms with Crippen molar-refractivity contribution in [2.45, 2.75) is 12.1 Å². The largest absolute Gasteiger partial charge is 0.508 e. The lowest BCUT2D eigenvalue weighted by Gasteiger charge is -2.29. The van der Waals surface area contributed by atoms with Crippen molar-refractivity contribution in [2.75, 3.05) is 12.0 Å². The van der Waals surface area contributed by atoms with Gasteiger partial charge in [0.15, 0.2) is 5.11 Å². The SMILES string of the molecule is COc1cccc(-n2cccc2[C@H]2[C@H](c3ccccn3)NC(=S)N2c2ccc(O)cc2)c1. The number of hydrogen-bond donors (Lipinski definition) is 2. The van der Waals surface area contributed by atoms with E-state index in [1.807, 2.05) is 66.9 Å². The number of rotatable bonds is 5. The Kier molecular flexibility index (Phi) is 5.25. The van der Waals surface area contributed by atoms with Crippen LogP contribution in [0.15, 0.2) is 91.3 Å². The average molecular weight is 443 g/mol. The first-order valence-corrected chi connectivity index (χ1v) is 10.7. The molecule has 32 heavy (non-hydrogen) atoms. The van der Waals surface area contributed by atoms with Gasteiger partial charge in [0.25, 0.3) is 0 Å². The highest BCUT2D eigenvalue weighted by Gasteiger charge is 2.42. The minimum atomic E-state index is -0.164. The number of ether oxygens (including phenoxy) is 1. The third-order valence-corrected chi connectivity index (χ3v) is 5.96. The van der Waals surface area contributed by atoms with Crippen molar-refractivity contribution in [2.24, 2.45) is 0 Å². The Morgan fingerprint density at radius 2 is 1.81 bits per heavy atom. The number of anilines is 1. The molecule has 1 saturated heterocycles. The minimum Gasteiger partial charge on any atom is -0.508 e. The van der Waals surface area contributed by atoms with Gasteiger partial charge in [-0.3, -0.25) is 4.98 Å². The van der Waals surface area contributed by atoms with Crippen LogP contribution in [0.2, 0.25) is 0 Å². The van der Waals surface area contributed by atoms with Gasteiger partial charge in [-0.05, 0) is 72.9 Å². The summed E-state index contributed by atoms with van der Waals surface area (Å²) in [6, 6.07) is 24.7. The highest BCUT2D eigenvalue weighted by Crippen LogP contribution is 2.42. The first kappa shape index (κ1) is 20.1. The molecule has 1 aliphatic heterocycles. The molecule has 160 valence electrons. The number of phenols is 1. The topological polar surface area (TPSA) is 62.5 Å². The van der Waals surface area contributed by atoms with Crippen LogP contribution in [0.5, 0.6) is 11.5 Å². The van der Waals surface area contributed by atoms with Crippen molar-refractivity contribution in [3.63, 3.8) is 0 Å². The fourth-order valence-corrected chi connectivity index (χ4v) is 4.52. The van der Waals surface area contributed by atoms with Crippen LogP contribution in [-0.2, 0) is 0 Å². The summed E-state index contributed by atoms with van der Waals surface area (Å²) >= 11 is 5.78. The van der Waals surface area contributed by atoms with E-state index in [0.717, 1.165) is 28.5 Å². The molecule has 6 nitrogen and oxygen atoms in total. The van der Waals surface area contributed by atoms with Crippen molar-refractivity contribution in [3.05, 3.63) is 103 Å². The van der Waals surface area contributed by atoms with Gasteiger partial charge < -0.3 is 24.6 Å². The van der Waals surface area contributed by atoms with Gasteiger partial charge in [0, 0.05) is 35.5 Å². The molecule has 1 fully saturated rings. The molecule has 2 aromatic heterocycles. The van der Waals surface area contributed by atoms with Crippen LogP contribution in [0, 0.1) is 0 Å². The number of nitrogens with one attached hydrogen (secondary N) is 1. The normalized spacial score (nSPS) is 17.9. The Bertz CT molecular complexity index is 1240. The zero-order chi connectivity index (χ0) is 22.1.